The molecule has 0 radical (unpaired) electrons. The van der Waals surface area contributed by atoms with Gasteiger partial charge in [-0.25, -0.2) is 0 Å². The standard InChI is InChI=1S/3C17H21NO4/c3*1-3-21-17(19)14-10-6-7-22-16(10)13-11-8-9(20-2)4-5-12(11)18-15(13)14/h3*4-5,8,10,13-16,18H,3,6-7H2,1-2H3/t3*10-,13-,14-,15+,16+/m100/s1. The number of hydrogen-bond acceptors (Lipinski definition) is 15. The van der Waals surface area contributed by atoms with Gasteiger partial charge in [0, 0.05) is 90.5 Å². The van der Waals surface area contributed by atoms with E-state index >= 15 is 0 Å². The van der Waals surface area contributed by atoms with Gasteiger partial charge in [-0.15, -0.1) is 0 Å². The van der Waals surface area contributed by atoms with Crippen molar-refractivity contribution >= 4 is 35.0 Å². The minimum absolute atomic E-state index is 0.0662. The molecule has 3 aromatic rings. The van der Waals surface area contributed by atoms with Gasteiger partial charge in [-0.2, -0.15) is 0 Å². The molecule has 15 heteroatoms. The van der Waals surface area contributed by atoms with Crippen molar-refractivity contribution in [1.82, 2.24) is 0 Å². The quantitative estimate of drug-likeness (QED) is 0.157. The summed E-state index contributed by atoms with van der Waals surface area (Å²) in [5.41, 5.74) is 6.85. The molecule has 0 aromatic heterocycles. The first-order valence-electron chi connectivity index (χ1n) is 23.9. The minimum atomic E-state index is -0.129. The summed E-state index contributed by atoms with van der Waals surface area (Å²) < 4.78 is 50.0. The van der Waals surface area contributed by atoms with Crippen molar-refractivity contribution in [2.45, 2.75) is 94.2 Å². The maximum atomic E-state index is 12.5. The van der Waals surface area contributed by atoms with E-state index in [0.29, 0.717) is 19.8 Å². The first-order chi connectivity index (χ1) is 32.2. The average Bonchev–Trinajstić information content (AvgIpc) is 4.18. The highest BCUT2D eigenvalue weighted by molar-refractivity contribution is 5.80. The summed E-state index contributed by atoms with van der Waals surface area (Å²) in [6.07, 6.45) is 3.09. The van der Waals surface area contributed by atoms with Crippen molar-refractivity contribution < 1.29 is 57.0 Å². The first kappa shape index (κ1) is 44.6. The smallest absolute Gasteiger partial charge is 0.311 e. The predicted octanol–water partition coefficient (Wildman–Crippen LogP) is 6.51. The molecule has 12 rings (SSSR count). The fraction of sp³-hybridized carbons (Fsp3) is 0.588. The minimum Gasteiger partial charge on any atom is -0.497 e. The van der Waals surface area contributed by atoms with E-state index < -0.39 is 0 Å². The molecule has 3 saturated heterocycles. The Morgan fingerprint density at radius 1 is 0.485 bits per heavy atom. The molecule has 9 aliphatic rings. The molecule has 3 saturated carbocycles. The van der Waals surface area contributed by atoms with Crippen molar-refractivity contribution in [3.8, 4) is 17.2 Å². The Balaban J connectivity index is 0.000000116. The number of methoxy groups -OCH3 is 3. The Morgan fingerprint density at radius 3 is 1.03 bits per heavy atom. The van der Waals surface area contributed by atoms with Crippen LogP contribution in [0.15, 0.2) is 54.6 Å². The fourth-order valence-electron chi connectivity index (χ4n) is 13.3. The number of nitrogens with one attached hydrogen (secondary N) is 3. The van der Waals surface area contributed by atoms with Gasteiger partial charge in [0.25, 0.3) is 0 Å². The van der Waals surface area contributed by atoms with Crippen LogP contribution in [0.25, 0.3) is 0 Å². The normalized spacial score (nSPS) is 34.5. The molecule has 15 atom stereocenters. The van der Waals surface area contributed by atoms with Crippen LogP contribution in [0.2, 0.25) is 0 Å². The van der Waals surface area contributed by atoms with Crippen LogP contribution in [0.3, 0.4) is 0 Å². The highest BCUT2D eigenvalue weighted by atomic mass is 16.5. The van der Waals surface area contributed by atoms with E-state index in [1.165, 1.54) is 16.7 Å². The number of fused-ring (bicyclic) bond motifs is 15. The molecule has 0 bridgehead atoms. The van der Waals surface area contributed by atoms with E-state index in [-0.39, 0.29) is 108 Å². The Labute approximate surface area is 386 Å². The molecule has 0 amide bonds. The monoisotopic (exact) mass is 909 g/mol. The van der Waals surface area contributed by atoms with Gasteiger partial charge in [-0.1, -0.05) is 0 Å². The molecular formula is C51H63N3O12. The van der Waals surface area contributed by atoms with E-state index in [1.54, 1.807) is 21.3 Å². The van der Waals surface area contributed by atoms with Crippen molar-refractivity contribution in [2.75, 3.05) is 76.9 Å². The summed E-state index contributed by atoms with van der Waals surface area (Å²) in [6, 6.07) is 18.3. The zero-order valence-corrected chi connectivity index (χ0v) is 38.6. The van der Waals surface area contributed by atoms with Gasteiger partial charge in [-0.05, 0) is 111 Å². The van der Waals surface area contributed by atoms with Gasteiger partial charge >= 0.3 is 17.9 Å². The zero-order valence-electron chi connectivity index (χ0n) is 38.6. The Hall–Kier alpha value is -5.25. The van der Waals surface area contributed by atoms with E-state index in [0.717, 1.165) is 73.4 Å². The van der Waals surface area contributed by atoms with Crippen LogP contribution in [0.5, 0.6) is 17.2 Å². The molecule has 3 N–H and O–H groups in total. The fourth-order valence-corrected chi connectivity index (χ4v) is 13.3. The molecule has 15 nitrogen and oxygen atoms in total. The zero-order chi connectivity index (χ0) is 45.8. The first-order valence-corrected chi connectivity index (χ1v) is 23.9. The average molecular weight is 910 g/mol. The molecular weight excluding hydrogens is 847 g/mol. The van der Waals surface area contributed by atoms with Crippen molar-refractivity contribution in [3.63, 3.8) is 0 Å². The highest BCUT2D eigenvalue weighted by Gasteiger charge is 2.62. The lowest BCUT2D eigenvalue weighted by molar-refractivity contribution is -0.150. The summed E-state index contributed by atoms with van der Waals surface area (Å²) >= 11 is 0. The van der Waals surface area contributed by atoms with Crippen LogP contribution in [0, 0.1) is 35.5 Å². The molecule has 0 spiro atoms. The number of carbonyl (C=O) groups excluding carboxylic acids is 3. The molecule has 66 heavy (non-hydrogen) atoms. The Morgan fingerprint density at radius 2 is 0.773 bits per heavy atom. The number of anilines is 3. The molecule has 6 heterocycles. The third-order valence-electron chi connectivity index (χ3n) is 15.8. The third kappa shape index (κ3) is 7.40. The van der Waals surface area contributed by atoms with Crippen molar-refractivity contribution in [1.29, 1.82) is 0 Å². The number of ether oxygens (including phenoxy) is 9. The number of rotatable bonds is 9. The second-order valence-corrected chi connectivity index (χ2v) is 18.6. The largest absolute Gasteiger partial charge is 0.497 e. The van der Waals surface area contributed by atoms with Gasteiger partial charge in [0.2, 0.25) is 0 Å². The summed E-state index contributed by atoms with van der Waals surface area (Å²) in [4.78, 5) is 37.4. The van der Waals surface area contributed by atoms with Crippen LogP contribution >= 0.6 is 0 Å². The van der Waals surface area contributed by atoms with Crippen molar-refractivity contribution in [2.24, 2.45) is 35.5 Å². The van der Waals surface area contributed by atoms with E-state index in [1.807, 2.05) is 57.2 Å². The van der Waals surface area contributed by atoms with Crippen LogP contribution in [-0.2, 0) is 42.8 Å². The molecule has 0 unspecified atom stereocenters. The van der Waals surface area contributed by atoms with Crippen LogP contribution in [0.4, 0.5) is 17.1 Å². The lowest BCUT2D eigenvalue weighted by atomic mass is 9.91. The second-order valence-electron chi connectivity index (χ2n) is 18.6. The maximum absolute atomic E-state index is 12.5. The number of benzene rings is 3. The number of esters is 3. The van der Waals surface area contributed by atoms with Gasteiger partial charge in [0.15, 0.2) is 0 Å². The molecule has 6 fully saturated rings. The number of carbonyl (C=O) groups is 3. The van der Waals surface area contributed by atoms with Gasteiger partial charge in [0.05, 0.1) is 77.2 Å². The van der Waals surface area contributed by atoms with Gasteiger partial charge in [-0.3, -0.25) is 14.4 Å². The molecule has 3 aromatic carbocycles. The van der Waals surface area contributed by atoms with E-state index in [2.05, 4.69) is 34.1 Å². The van der Waals surface area contributed by atoms with Crippen LogP contribution in [0.1, 0.15) is 74.5 Å². The van der Waals surface area contributed by atoms with Crippen LogP contribution in [-0.4, -0.2) is 115 Å². The number of hydrogen-bond donors (Lipinski definition) is 3. The summed E-state index contributed by atoms with van der Waals surface area (Å²) in [5, 5.41) is 10.6. The van der Waals surface area contributed by atoms with E-state index in [4.69, 9.17) is 42.6 Å². The molecule has 3 aliphatic carbocycles. The third-order valence-corrected chi connectivity index (χ3v) is 15.8. The molecule has 354 valence electrons. The lowest BCUT2D eigenvalue weighted by Gasteiger charge is -2.21. The predicted molar refractivity (Wildman–Crippen MR) is 243 cm³/mol. The Bertz CT molecular complexity index is 2060. The highest BCUT2D eigenvalue weighted by Crippen LogP contribution is 2.58. The van der Waals surface area contributed by atoms with Gasteiger partial charge in [0.1, 0.15) is 17.2 Å². The summed E-state index contributed by atoms with van der Waals surface area (Å²) in [6.45, 7) is 9.02. The SMILES string of the molecule is CCOC(=O)[C@@H]1[C@H]2CCO[C@@H]2[C@@H]2c3cc(OC)ccc3N[C@H]12.CCOC(=O)[C@H]1[C@@H]2CCO[C@H]2[C@H]2c3cc(OC)ccc3N[C@@H]12.CCOC(=O)[C@H]1[C@@H]2CCO[C@H]2[C@H]2c3cc(OC)ccc3N[C@@H]12. The Kier molecular flexibility index (Phi) is 12.5. The van der Waals surface area contributed by atoms with E-state index in [9.17, 15) is 14.4 Å². The summed E-state index contributed by atoms with van der Waals surface area (Å²) in [5.74, 6) is 3.21. The molecule has 6 aliphatic heterocycles. The maximum Gasteiger partial charge on any atom is 0.311 e. The van der Waals surface area contributed by atoms with Crippen LogP contribution < -0.4 is 30.2 Å². The van der Waals surface area contributed by atoms with Gasteiger partial charge < -0.3 is 58.6 Å². The summed E-state index contributed by atoms with van der Waals surface area (Å²) in [7, 11) is 5.02. The topological polar surface area (TPSA) is 170 Å². The van der Waals surface area contributed by atoms with Crippen molar-refractivity contribution in [3.05, 3.63) is 71.3 Å². The lowest BCUT2D eigenvalue weighted by Crippen LogP contribution is -2.34. The second kappa shape index (κ2) is 18.4.